The number of phenolic OH excluding ortho intramolecular Hbond substituents is 1. The van der Waals surface area contributed by atoms with Gasteiger partial charge in [-0.05, 0) is 48.2 Å². The molecule has 0 bridgehead atoms. The minimum Gasteiger partial charge on any atom is -0.508 e. The monoisotopic (exact) mass is 539 g/mol. The van der Waals surface area contributed by atoms with Crippen molar-refractivity contribution in [2.45, 2.75) is 25.0 Å². The van der Waals surface area contributed by atoms with Crippen LogP contribution in [0.25, 0.3) is 0 Å². The van der Waals surface area contributed by atoms with Crippen LogP contribution in [0.2, 0.25) is 10.0 Å². The first kappa shape index (κ1) is 28.6. The number of carboxylic acid groups (broad SMARTS) is 1. The van der Waals surface area contributed by atoms with Crippen molar-refractivity contribution in [3.05, 3.63) is 63.1 Å². The third-order valence-electron chi connectivity index (χ3n) is 4.89. The molecular formula is C23H24Cl2FN5O5. The molecule has 2 aromatic carbocycles. The fourth-order valence-corrected chi connectivity index (χ4v) is 3.85. The highest BCUT2D eigenvalue weighted by atomic mass is 35.5. The lowest BCUT2D eigenvalue weighted by Gasteiger charge is -2.16. The number of carbonyl (C=O) groups excluding carboxylic acids is 1. The van der Waals surface area contributed by atoms with E-state index in [-0.39, 0.29) is 40.3 Å². The summed E-state index contributed by atoms with van der Waals surface area (Å²) in [6, 6.07) is 7.72. The zero-order valence-corrected chi connectivity index (χ0v) is 20.4. The Morgan fingerprint density at radius 2 is 1.89 bits per heavy atom. The molecule has 36 heavy (non-hydrogen) atoms. The van der Waals surface area contributed by atoms with Gasteiger partial charge in [0.2, 0.25) is 5.96 Å². The number of rotatable bonds is 11. The molecule has 0 aliphatic carbocycles. The Balaban J connectivity index is 2.10. The van der Waals surface area contributed by atoms with Gasteiger partial charge >= 0.3 is 5.97 Å². The first-order valence-electron chi connectivity index (χ1n) is 10.6. The minimum absolute atomic E-state index is 0.0223. The molecule has 0 fully saturated rings. The molecule has 2 atom stereocenters. The van der Waals surface area contributed by atoms with Crippen LogP contribution in [0.1, 0.15) is 34.0 Å². The second kappa shape index (κ2) is 14.1. The van der Waals surface area contributed by atoms with Gasteiger partial charge in [0, 0.05) is 6.54 Å². The average molecular weight is 540 g/mol. The number of aliphatic carboxylic acids is 1. The number of aliphatic hydroxyl groups excluding tert-OH is 1. The van der Waals surface area contributed by atoms with Crippen molar-refractivity contribution in [2.75, 3.05) is 19.8 Å². The third-order valence-corrected chi connectivity index (χ3v) is 5.48. The van der Waals surface area contributed by atoms with Crippen molar-refractivity contribution in [1.29, 1.82) is 5.26 Å². The Morgan fingerprint density at radius 1 is 1.19 bits per heavy atom. The Labute approximate surface area is 216 Å². The number of carbonyl (C=O) groups is 2. The molecular weight excluding hydrogens is 516 g/mol. The van der Waals surface area contributed by atoms with Gasteiger partial charge in [-0.3, -0.25) is 10.1 Å². The molecule has 0 radical (unpaired) electrons. The second-order valence-corrected chi connectivity index (χ2v) is 8.30. The fourth-order valence-electron chi connectivity index (χ4n) is 3.15. The number of benzene rings is 2. The van der Waals surface area contributed by atoms with Crippen LogP contribution in [0.4, 0.5) is 4.39 Å². The van der Waals surface area contributed by atoms with Crippen LogP contribution in [0.5, 0.6) is 5.75 Å². The molecule has 2 unspecified atom stereocenters. The van der Waals surface area contributed by atoms with Crippen LogP contribution < -0.4 is 16.0 Å². The number of hydrogen-bond donors (Lipinski definition) is 6. The van der Waals surface area contributed by atoms with E-state index in [0.29, 0.717) is 17.5 Å². The van der Waals surface area contributed by atoms with Crippen molar-refractivity contribution in [2.24, 2.45) is 4.99 Å². The predicted molar refractivity (Wildman–Crippen MR) is 132 cm³/mol. The molecule has 2 rings (SSSR count). The van der Waals surface area contributed by atoms with E-state index in [9.17, 15) is 29.3 Å². The average Bonchev–Trinajstić information content (AvgIpc) is 2.82. The standard InChI is InChI=1S/C23H24Cl2FN5O5/c24-16-8-13(4-5-19(33)14-2-1-3-15(32)10-14)9-17(25)20(16)21(34)31-18(22(35)36)11-29-23(30-12-27)28-7-6-26/h1-3,8-10,18-19,32-33H,4-7,11H2,(H,31,34)(H,35,36)(H2,28,29,30). The van der Waals surface area contributed by atoms with Gasteiger partial charge in [0.15, 0.2) is 6.19 Å². The summed E-state index contributed by atoms with van der Waals surface area (Å²) < 4.78 is 12.3. The van der Waals surface area contributed by atoms with Crippen LogP contribution in [-0.2, 0) is 11.2 Å². The highest BCUT2D eigenvalue weighted by Gasteiger charge is 2.24. The normalized spacial score (nSPS) is 12.8. The number of aliphatic imine (C=N–C) groups is 1. The quantitative estimate of drug-likeness (QED) is 0.109. The third kappa shape index (κ3) is 8.57. The molecule has 0 spiro atoms. The number of aromatic hydroxyl groups is 1. The number of aryl methyl sites for hydroxylation is 1. The molecule has 10 nitrogen and oxygen atoms in total. The van der Waals surface area contributed by atoms with Gasteiger partial charge in [-0.2, -0.15) is 5.26 Å². The molecule has 1 amide bonds. The van der Waals surface area contributed by atoms with Gasteiger partial charge in [0.25, 0.3) is 5.91 Å². The Hall–Kier alpha value is -3.59. The first-order valence-corrected chi connectivity index (χ1v) is 11.4. The van der Waals surface area contributed by atoms with E-state index in [1.54, 1.807) is 18.3 Å². The van der Waals surface area contributed by atoms with E-state index in [4.69, 9.17) is 28.5 Å². The maximum Gasteiger partial charge on any atom is 0.328 e. The van der Waals surface area contributed by atoms with Crippen molar-refractivity contribution in [3.8, 4) is 11.9 Å². The number of guanidine groups is 1. The highest BCUT2D eigenvalue weighted by Crippen LogP contribution is 2.29. The number of phenols is 1. The number of alkyl halides is 1. The zero-order valence-electron chi connectivity index (χ0n) is 18.8. The maximum atomic E-state index is 12.7. The van der Waals surface area contributed by atoms with Crippen molar-refractivity contribution in [1.82, 2.24) is 16.0 Å². The Morgan fingerprint density at radius 3 is 2.47 bits per heavy atom. The smallest absolute Gasteiger partial charge is 0.328 e. The first-order chi connectivity index (χ1) is 17.2. The molecule has 0 aromatic heterocycles. The number of hydrogen-bond acceptors (Lipinski definition) is 6. The number of nitriles is 1. The minimum atomic E-state index is -1.50. The summed E-state index contributed by atoms with van der Waals surface area (Å²) >= 11 is 12.5. The number of halogens is 3. The predicted octanol–water partition coefficient (Wildman–Crippen LogP) is 2.53. The topological polar surface area (TPSA) is 167 Å². The summed E-state index contributed by atoms with van der Waals surface area (Å²) in [5, 5.41) is 44.9. The molecule has 13 heteroatoms. The lowest BCUT2D eigenvalue weighted by Crippen LogP contribution is -2.44. The van der Waals surface area contributed by atoms with Gasteiger partial charge in [-0.25, -0.2) is 14.2 Å². The largest absolute Gasteiger partial charge is 0.508 e. The van der Waals surface area contributed by atoms with E-state index in [1.165, 1.54) is 24.3 Å². The summed E-state index contributed by atoms with van der Waals surface area (Å²) in [7, 11) is 0. The van der Waals surface area contributed by atoms with Crippen LogP contribution in [0, 0.1) is 11.5 Å². The van der Waals surface area contributed by atoms with E-state index >= 15 is 0 Å². The summed E-state index contributed by atoms with van der Waals surface area (Å²) in [6.07, 6.45) is 1.37. The molecule has 0 saturated heterocycles. The molecule has 192 valence electrons. The summed E-state index contributed by atoms with van der Waals surface area (Å²) in [6.45, 7) is -1.36. The molecule has 6 N–H and O–H groups in total. The molecule has 0 heterocycles. The van der Waals surface area contributed by atoms with Gasteiger partial charge in [-0.15, -0.1) is 0 Å². The zero-order chi connectivity index (χ0) is 26.7. The molecule has 0 aliphatic rings. The van der Waals surface area contributed by atoms with Crippen LogP contribution in [0.3, 0.4) is 0 Å². The summed E-state index contributed by atoms with van der Waals surface area (Å²) in [5.74, 6) is -2.37. The maximum absolute atomic E-state index is 12.7. The SMILES string of the molecule is N#CNC(=NCC(NC(=O)c1c(Cl)cc(CCC(O)c2cccc(O)c2)cc1Cl)C(=O)O)NCCF. The van der Waals surface area contributed by atoms with Gasteiger partial charge in [-0.1, -0.05) is 35.3 Å². The van der Waals surface area contributed by atoms with Crippen molar-refractivity contribution < 1.29 is 29.3 Å². The lowest BCUT2D eigenvalue weighted by molar-refractivity contribution is -0.138. The number of amides is 1. The highest BCUT2D eigenvalue weighted by molar-refractivity contribution is 6.39. The van der Waals surface area contributed by atoms with Crippen LogP contribution in [-0.4, -0.2) is 59.0 Å². The van der Waals surface area contributed by atoms with Crippen LogP contribution >= 0.6 is 23.2 Å². The summed E-state index contributed by atoms with van der Waals surface area (Å²) in [4.78, 5) is 28.2. The van der Waals surface area contributed by atoms with Gasteiger partial charge in [0.1, 0.15) is 18.5 Å². The number of aliphatic hydroxyl groups is 1. The molecule has 2 aromatic rings. The molecule has 0 saturated carbocycles. The van der Waals surface area contributed by atoms with Gasteiger partial charge in [0.05, 0.1) is 28.3 Å². The van der Waals surface area contributed by atoms with Gasteiger partial charge < -0.3 is 26.0 Å². The van der Waals surface area contributed by atoms with Crippen molar-refractivity contribution >= 4 is 41.0 Å². The summed E-state index contributed by atoms with van der Waals surface area (Å²) in [5.41, 5.74) is 1.03. The van der Waals surface area contributed by atoms with E-state index in [1.807, 2.05) is 0 Å². The number of nitrogens with zero attached hydrogens (tertiary/aromatic N) is 2. The lowest BCUT2D eigenvalue weighted by atomic mass is 10.00. The Bertz CT molecular complexity index is 1130. The number of nitrogens with one attached hydrogen (secondary N) is 3. The molecule has 0 aliphatic heterocycles. The van der Waals surface area contributed by atoms with Crippen LogP contribution in [0.15, 0.2) is 41.4 Å². The fraction of sp³-hybridized carbons (Fsp3) is 0.304. The Kier molecular flexibility index (Phi) is 11.2. The number of carboxylic acids is 1. The van der Waals surface area contributed by atoms with Crippen molar-refractivity contribution in [3.63, 3.8) is 0 Å². The van der Waals surface area contributed by atoms with E-state index in [0.717, 1.165) is 0 Å². The van der Waals surface area contributed by atoms with E-state index < -0.39 is 37.2 Å². The van der Waals surface area contributed by atoms with E-state index in [2.05, 4.69) is 20.9 Å². The second-order valence-electron chi connectivity index (χ2n) is 7.49.